The molecule has 0 amide bonds. The van der Waals surface area contributed by atoms with Gasteiger partial charge in [0, 0.05) is 17.5 Å². The second-order valence-electron chi connectivity index (χ2n) is 6.15. The maximum absolute atomic E-state index is 14.7. The first-order chi connectivity index (χ1) is 12.4. The summed E-state index contributed by atoms with van der Waals surface area (Å²) in [5.74, 6) is -1.85. The third-order valence-electron chi connectivity index (χ3n) is 4.61. The van der Waals surface area contributed by atoms with Crippen LogP contribution in [-0.4, -0.2) is 15.6 Å². The van der Waals surface area contributed by atoms with Crippen LogP contribution in [0.15, 0.2) is 46.2 Å². The van der Waals surface area contributed by atoms with Gasteiger partial charge in [-0.2, -0.15) is 0 Å². The third kappa shape index (κ3) is 2.35. The van der Waals surface area contributed by atoms with Crippen molar-refractivity contribution in [3.05, 3.63) is 63.6 Å². The average Bonchev–Trinajstić information content (AvgIpc) is 2.61. The molecular weight excluding hydrogens is 355 g/mol. The van der Waals surface area contributed by atoms with Crippen molar-refractivity contribution in [2.75, 3.05) is 0 Å². The van der Waals surface area contributed by atoms with Crippen molar-refractivity contribution in [1.29, 1.82) is 0 Å². The zero-order valence-corrected chi connectivity index (χ0v) is 14.6. The molecule has 0 saturated heterocycles. The predicted octanol–water partition coefficient (Wildman–Crippen LogP) is 3.59. The molecule has 0 aliphatic carbocycles. The fourth-order valence-electron chi connectivity index (χ4n) is 3.28. The number of rotatable bonds is 3. The third-order valence-corrected chi connectivity index (χ3v) is 5.79. The molecule has 4 rings (SSSR count). The van der Waals surface area contributed by atoms with Crippen LogP contribution in [0.4, 0.5) is 4.39 Å². The highest BCUT2D eigenvalue weighted by atomic mass is 32.2. The number of thioether (sulfide) groups is 1. The Kier molecular flexibility index (Phi) is 3.86. The molecule has 1 aliphatic rings. The van der Waals surface area contributed by atoms with Gasteiger partial charge in [0.1, 0.15) is 11.4 Å². The van der Waals surface area contributed by atoms with Crippen molar-refractivity contribution in [3.63, 3.8) is 0 Å². The van der Waals surface area contributed by atoms with Gasteiger partial charge in [-0.15, -0.1) is 0 Å². The molecule has 0 saturated carbocycles. The fourth-order valence-corrected chi connectivity index (χ4v) is 4.43. The van der Waals surface area contributed by atoms with Crippen LogP contribution in [0.1, 0.15) is 28.2 Å². The highest BCUT2D eigenvalue weighted by molar-refractivity contribution is 8.00. The minimum absolute atomic E-state index is 0.0240. The Bertz CT molecular complexity index is 1120. The number of benzene rings is 2. The lowest BCUT2D eigenvalue weighted by molar-refractivity contribution is 0.0689. The number of hydrogen-bond acceptors (Lipinski definition) is 4. The van der Waals surface area contributed by atoms with Crippen LogP contribution in [0.2, 0.25) is 0 Å². The largest absolute Gasteiger partial charge is 0.477 e. The summed E-state index contributed by atoms with van der Waals surface area (Å²) in [5, 5.41) is 9.84. The van der Waals surface area contributed by atoms with E-state index in [-0.39, 0.29) is 16.3 Å². The quantitative estimate of drug-likeness (QED) is 0.736. The number of carboxylic acids is 1. The maximum Gasteiger partial charge on any atom is 0.342 e. The molecule has 0 spiro atoms. The second kappa shape index (κ2) is 5.96. The zero-order valence-electron chi connectivity index (χ0n) is 13.8. The number of carboxylic acid groups (broad SMARTS) is 1. The Morgan fingerprint density at radius 3 is 2.58 bits per heavy atom. The monoisotopic (exact) mass is 370 g/mol. The van der Waals surface area contributed by atoms with E-state index >= 15 is 0 Å². The number of nitrogens with two attached hydrogens (primary N) is 1. The number of aromatic carboxylic acids is 1. The number of halogens is 1. The van der Waals surface area contributed by atoms with Gasteiger partial charge in [0.2, 0.25) is 5.43 Å². The van der Waals surface area contributed by atoms with Crippen LogP contribution < -0.4 is 11.2 Å². The lowest BCUT2D eigenvalue weighted by atomic mass is 10.0. The summed E-state index contributed by atoms with van der Waals surface area (Å²) in [6.07, 6.45) is 0. The summed E-state index contributed by atoms with van der Waals surface area (Å²) >= 11 is 1.32. The SMILES string of the molecule is CC1Sc2c(C(=O)O)c(=O)c3cc(F)c(-c4ccc(CN)cc4)cc3n21. The Balaban J connectivity index is 2.02. The Hall–Kier alpha value is -2.64. The van der Waals surface area contributed by atoms with Gasteiger partial charge in [-0.05, 0) is 30.2 Å². The van der Waals surface area contributed by atoms with Crippen molar-refractivity contribution in [3.8, 4) is 11.1 Å². The van der Waals surface area contributed by atoms with Crippen LogP contribution in [0.5, 0.6) is 0 Å². The number of aromatic nitrogens is 1. The molecule has 2 aromatic carbocycles. The summed E-state index contributed by atoms with van der Waals surface area (Å²) in [6, 6.07) is 9.98. The van der Waals surface area contributed by atoms with E-state index in [2.05, 4.69) is 0 Å². The summed E-state index contributed by atoms with van der Waals surface area (Å²) < 4.78 is 16.5. The van der Waals surface area contributed by atoms with E-state index < -0.39 is 17.2 Å². The molecule has 7 heteroatoms. The Morgan fingerprint density at radius 2 is 2.00 bits per heavy atom. The number of pyridine rings is 1. The average molecular weight is 370 g/mol. The van der Waals surface area contributed by atoms with Crippen molar-refractivity contribution in [2.24, 2.45) is 5.73 Å². The molecule has 1 atom stereocenters. The molecule has 3 N–H and O–H groups in total. The Labute approximate surface area is 152 Å². The molecule has 26 heavy (non-hydrogen) atoms. The molecule has 0 bridgehead atoms. The lowest BCUT2D eigenvalue weighted by Gasteiger charge is -2.32. The van der Waals surface area contributed by atoms with Gasteiger partial charge in [0.25, 0.3) is 0 Å². The van der Waals surface area contributed by atoms with Gasteiger partial charge in [-0.1, -0.05) is 36.0 Å². The van der Waals surface area contributed by atoms with Gasteiger partial charge in [-0.3, -0.25) is 4.79 Å². The summed E-state index contributed by atoms with van der Waals surface area (Å²) in [4.78, 5) is 24.1. The van der Waals surface area contributed by atoms with Crippen molar-refractivity contribution < 1.29 is 14.3 Å². The zero-order chi connectivity index (χ0) is 18.6. The molecule has 0 radical (unpaired) electrons. The first kappa shape index (κ1) is 16.8. The number of fused-ring (bicyclic) bond motifs is 3. The molecular formula is C19H15FN2O3S. The lowest BCUT2D eigenvalue weighted by Crippen LogP contribution is -2.28. The van der Waals surface area contributed by atoms with E-state index in [0.717, 1.165) is 11.6 Å². The first-order valence-electron chi connectivity index (χ1n) is 8.03. The molecule has 5 nitrogen and oxygen atoms in total. The molecule has 1 unspecified atom stereocenters. The van der Waals surface area contributed by atoms with Crippen LogP contribution in [0.25, 0.3) is 22.0 Å². The second-order valence-corrected chi connectivity index (χ2v) is 7.46. The molecule has 0 fully saturated rings. The van der Waals surface area contributed by atoms with Crippen LogP contribution in [-0.2, 0) is 6.54 Å². The fraction of sp³-hybridized carbons (Fsp3) is 0.158. The minimum atomic E-state index is -1.29. The highest BCUT2D eigenvalue weighted by Crippen LogP contribution is 2.46. The molecule has 3 aromatic rings. The van der Waals surface area contributed by atoms with Gasteiger partial charge in [-0.25, -0.2) is 9.18 Å². The Morgan fingerprint density at radius 1 is 1.31 bits per heavy atom. The van der Waals surface area contributed by atoms with Gasteiger partial charge in [0.05, 0.1) is 15.9 Å². The van der Waals surface area contributed by atoms with E-state index in [4.69, 9.17) is 5.73 Å². The molecule has 1 aromatic heterocycles. The van der Waals surface area contributed by atoms with Crippen LogP contribution in [0, 0.1) is 5.82 Å². The molecule has 1 aliphatic heterocycles. The summed E-state index contributed by atoms with van der Waals surface area (Å²) in [7, 11) is 0. The van der Waals surface area contributed by atoms with E-state index in [1.54, 1.807) is 22.8 Å². The van der Waals surface area contributed by atoms with Crippen molar-refractivity contribution >= 4 is 28.6 Å². The van der Waals surface area contributed by atoms with E-state index in [0.29, 0.717) is 28.2 Å². The first-order valence-corrected chi connectivity index (χ1v) is 8.91. The summed E-state index contributed by atoms with van der Waals surface area (Å²) in [5.41, 5.74) is 7.17. The molecule has 132 valence electrons. The van der Waals surface area contributed by atoms with Gasteiger partial charge >= 0.3 is 5.97 Å². The van der Waals surface area contributed by atoms with E-state index in [1.165, 1.54) is 11.8 Å². The molecule has 2 heterocycles. The predicted molar refractivity (Wildman–Crippen MR) is 99.0 cm³/mol. The van der Waals surface area contributed by atoms with Crippen molar-refractivity contribution in [1.82, 2.24) is 4.57 Å². The smallest absolute Gasteiger partial charge is 0.342 e. The van der Waals surface area contributed by atoms with E-state index in [1.807, 2.05) is 19.1 Å². The number of hydrogen-bond donors (Lipinski definition) is 2. The van der Waals surface area contributed by atoms with Crippen LogP contribution >= 0.6 is 11.8 Å². The van der Waals surface area contributed by atoms with Crippen molar-refractivity contribution in [2.45, 2.75) is 23.9 Å². The van der Waals surface area contributed by atoms with Crippen LogP contribution in [0.3, 0.4) is 0 Å². The van der Waals surface area contributed by atoms with E-state index in [9.17, 15) is 19.1 Å². The highest BCUT2D eigenvalue weighted by Gasteiger charge is 2.33. The van der Waals surface area contributed by atoms with Gasteiger partial charge in [0.15, 0.2) is 0 Å². The maximum atomic E-state index is 14.7. The van der Waals surface area contributed by atoms with Gasteiger partial charge < -0.3 is 15.4 Å². The normalized spacial score (nSPS) is 15.6. The number of nitrogens with zero attached hydrogens (tertiary/aromatic N) is 1. The summed E-state index contributed by atoms with van der Waals surface area (Å²) in [6.45, 7) is 2.31. The minimum Gasteiger partial charge on any atom is -0.477 e. The standard InChI is InChI=1S/C19H15FN2O3S/c1-9-22-15-7-12(11-4-2-10(8-21)3-5-11)14(20)6-13(15)17(23)16(19(24)25)18(22)26-9/h2-7,9H,8,21H2,1H3,(H,24,25). The number of carbonyl (C=O) groups is 1. The topological polar surface area (TPSA) is 85.3 Å².